The molecule has 0 spiro atoms. The van der Waals surface area contributed by atoms with E-state index >= 15 is 0 Å². The molecule has 0 saturated carbocycles. The SMILES string of the molecule is Cc1cc(C(=O)C(=O)Nc2ccc(Br)cc2)c(C)n1-c1ccccc1. The Labute approximate surface area is 154 Å². The standard InChI is InChI=1S/C20H17BrN2O2/c1-13-12-18(14(2)23(13)17-6-4-3-5-7-17)19(24)20(25)22-16-10-8-15(21)9-11-16/h3-12H,1-2H3,(H,22,25). The van der Waals surface area contributed by atoms with E-state index in [1.165, 1.54) is 0 Å². The highest BCUT2D eigenvalue weighted by Crippen LogP contribution is 2.22. The van der Waals surface area contributed by atoms with Crippen molar-refractivity contribution in [1.82, 2.24) is 4.57 Å². The first kappa shape index (κ1) is 17.2. The Hall–Kier alpha value is -2.66. The van der Waals surface area contributed by atoms with Crippen LogP contribution in [0.2, 0.25) is 0 Å². The predicted octanol–water partition coefficient (Wildman–Crippen LogP) is 4.68. The molecular weight excluding hydrogens is 380 g/mol. The Bertz CT molecular complexity index is 928. The molecule has 25 heavy (non-hydrogen) atoms. The number of nitrogens with zero attached hydrogens (tertiary/aromatic N) is 1. The van der Waals surface area contributed by atoms with Crippen molar-refractivity contribution in [3.8, 4) is 5.69 Å². The topological polar surface area (TPSA) is 51.1 Å². The predicted molar refractivity (Wildman–Crippen MR) is 102 cm³/mol. The quantitative estimate of drug-likeness (QED) is 0.514. The van der Waals surface area contributed by atoms with E-state index in [-0.39, 0.29) is 0 Å². The molecule has 1 heterocycles. The Morgan fingerprint density at radius 3 is 2.24 bits per heavy atom. The van der Waals surface area contributed by atoms with Gasteiger partial charge in [-0.25, -0.2) is 0 Å². The van der Waals surface area contributed by atoms with Crippen LogP contribution in [0.15, 0.2) is 65.1 Å². The Kier molecular flexibility index (Phi) is 4.86. The van der Waals surface area contributed by atoms with Crippen LogP contribution in [0.25, 0.3) is 5.69 Å². The van der Waals surface area contributed by atoms with Crippen LogP contribution in [0.4, 0.5) is 5.69 Å². The van der Waals surface area contributed by atoms with Gasteiger partial charge in [-0.15, -0.1) is 0 Å². The first-order valence-electron chi connectivity index (χ1n) is 7.83. The molecule has 0 atom stereocenters. The molecule has 0 aliphatic carbocycles. The number of Topliss-reactive ketones (excluding diaryl/α,β-unsaturated/α-hetero) is 1. The van der Waals surface area contributed by atoms with Crippen LogP contribution < -0.4 is 5.32 Å². The van der Waals surface area contributed by atoms with Gasteiger partial charge in [-0.05, 0) is 56.3 Å². The lowest BCUT2D eigenvalue weighted by atomic mass is 10.1. The molecule has 126 valence electrons. The fraction of sp³-hybridized carbons (Fsp3) is 0.100. The monoisotopic (exact) mass is 396 g/mol. The summed E-state index contributed by atoms with van der Waals surface area (Å²) in [6.45, 7) is 3.77. The molecule has 1 amide bonds. The highest BCUT2D eigenvalue weighted by Gasteiger charge is 2.22. The van der Waals surface area contributed by atoms with E-state index in [0.717, 1.165) is 21.5 Å². The number of rotatable bonds is 4. The summed E-state index contributed by atoms with van der Waals surface area (Å²) in [5, 5.41) is 2.64. The molecule has 3 rings (SSSR count). The van der Waals surface area contributed by atoms with Crippen LogP contribution in [-0.2, 0) is 4.79 Å². The third kappa shape index (κ3) is 3.56. The maximum Gasteiger partial charge on any atom is 0.296 e. The Morgan fingerprint density at radius 1 is 0.960 bits per heavy atom. The maximum absolute atomic E-state index is 12.6. The Morgan fingerprint density at radius 2 is 1.60 bits per heavy atom. The Balaban J connectivity index is 1.87. The van der Waals surface area contributed by atoms with Gasteiger partial charge in [0.15, 0.2) is 0 Å². The van der Waals surface area contributed by atoms with Gasteiger partial charge in [0.25, 0.3) is 11.7 Å². The summed E-state index contributed by atoms with van der Waals surface area (Å²) in [6.07, 6.45) is 0. The van der Waals surface area contributed by atoms with Gasteiger partial charge in [-0.2, -0.15) is 0 Å². The second-order valence-electron chi connectivity index (χ2n) is 5.75. The van der Waals surface area contributed by atoms with Crippen molar-refractivity contribution >= 4 is 33.3 Å². The second kappa shape index (κ2) is 7.07. The molecule has 0 saturated heterocycles. The van der Waals surface area contributed by atoms with Gasteiger partial charge in [0.05, 0.1) is 0 Å². The van der Waals surface area contributed by atoms with Crippen LogP contribution in [-0.4, -0.2) is 16.3 Å². The number of hydrogen-bond donors (Lipinski definition) is 1. The number of ketones is 1. The number of nitrogens with one attached hydrogen (secondary N) is 1. The van der Waals surface area contributed by atoms with E-state index in [1.54, 1.807) is 30.3 Å². The van der Waals surface area contributed by atoms with E-state index in [9.17, 15) is 9.59 Å². The molecule has 5 heteroatoms. The molecule has 0 radical (unpaired) electrons. The zero-order valence-electron chi connectivity index (χ0n) is 13.9. The summed E-state index contributed by atoms with van der Waals surface area (Å²) in [4.78, 5) is 24.9. The number of para-hydroxylation sites is 1. The zero-order valence-corrected chi connectivity index (χ0v) is 15.5. The van der Waals surface area contributed by atoms with Crippen LogP contribution in [0.3, 0.4) is 0 Å². The van der Waals surface area contributed by atoms with Gasteiger partial charge in [0.1, 0.15) is 0 Å². The minimum atomic E-state index is -0.643. The number of aryl methyl sites for hydroxylation is 1. The van der Waals surface area contributed by atoms with E-state index in [1.807, 2.05) is 48.7 Å². The average Bonchev–Trinajstić information content (AvgIpc) is 2.91. The number of carbonyl (C=O) groups is 2. The second-order valence-corrected chi connectivity index (χ2v) is 6.66. The third-order valence-corrected chi connectivity index (χ3v) is 4.53. The number of anilines is 1. The van der Waals surface area contributed by atoms with E-state index < -0.39 is 11.7 Å². The van der Waals surface area contributed by atoms with Crippen molar-refractivity contribution in [1.29, 1.82) is 0 Å². The van der Waals surface area contributed by atoms with Crippen LogP contribution in [0, 0.1) is 13.8 Å². The minimum Gasteiger partial charge on any atom is -0.319 e. The minimum absolute atomic E-state index is 0.413. The lowest BCUT2D eigenvalue weighted by molar-refractivity contribution is -0.112. The van der Waals surface area contributed by atoms with Crippen LogP contribution in [0.1, 0.15) is 21.7 Å². The van der Waals surface area contributed by atoms with Gasteiger partial charge in [0, 0.05) is 32.8 Å². The number of benzene rings is 2. The lowest BCUT2D eigenvalue weighted by Gasteiger charge is -2.09. The molecule has 1 N–H and O–H groups in total. The molecule has 4 nitrogen and oxygen atoms in total. The van der Waals surface area contributed by atoms with Crippen molar-refractivity contribution in [2.45, 2.75) is 13.8 Å². The normalized spacial score (nSPS) is 10.5. The van der Waals surface area contributed by atoms with Crippen molar-refractivity contribution in [3.05, 3.63) is 82.1 Å². The first-order valence-corrected chi connectivity index (χ1v) is 8.62. The molecule has 0 bridgehead atoms. The van der Waals surface area contributed by atoms with Crippen molar-refractivity contribution in [2.75, 3.05) is 5.32 Å². The maximum atomic E-state index is 12.6. The van der Waals surface area contributed by atoms with Crippen LogP contribution in [0.5, 0.6) is 0 Å². The van der Waals surface area contributed by atoms with Crippen molar-refractivity contribution in [3.63, 3.8) is 0 Å². The van der Waals surface area contributed by atoms with Gasteiger partial charge >= 0.3 is 0 Å². The average molecular weight is 397 g/mol. The summed E-state index contributed by atoms with van der Waals surface area (Å²) in [5.41, 5.74) is 3.61. The van der Waals surface area contributed by atoms with Crippen molar-refractivity contribution < 1.29 is 9.59 Å². The molecule has 0 aliphatic rings. The third-order valence-electron chi connectivity index (χ3n) is 4.00. The molecule has 0 aliphatic heterocycles. The van der Waals surface area contributed by atoms with E-state index in [0.29, 0.717) is 11.3 Å². The van der Waals surface area contributed by atoms with Gasteiger partial charge in [-0.3, -0.25) is 9.59 Å². The van der Waals surface area contributed by atoms with Gasteiger partial charge in [0.2, 0.25) is 0 Å². The van der Waals surface area contributed by atoms with E-state index in [4.69, 9.17) is 0 Å². The number of carbonyl (C=O) groups excluding carboxylic acids is 2. The highest BCUT2D eigenvalue weighted by atomic mass is 79.9. The molecule has 3 aromatic rings. The summed E-state index contributed by atoms with van der Waals surface area (Å²) in [5.74, 6) is -1.19. The molecule has 1 aromatic heterocycles. The lowest BCUT2D eigenvalue weighted by Crippen LogP contribution is -2.23. The molecule has 0 fully saturated rings. The number of hydrogen-bond acceptors (Lipinski definition) is 2. The summed E-state index contributed by atoms with van der Waals surface area (Å²) >= 11 is 3.34. The zero-order chi connectivity index (χ0) is 18.0. The smallest absolute Gasteiger partial charge is 0.296 e. The van der Waals surface area contributed by atoms with Gasteiger partial charge < -0.3 is 9.88 Å². The fourth-order valence-electron chi connectivity index (χ4n) is 2.81. The molecule has 0 unspecified atom stereocenters. The molecular formula is C20H17BrN2O2. The van der Waals surface area contributed by atoms with Crippen molar-refractivity contribution in [2.24, 2.45) is 0 Å². The number of aromatic nitrogens is 1. The molecule has 2 aromatic carbocycles. The van der Waals surface area contributed by atoms with Crippen LogP contribution >= 0.6 is 15.9 Å². The summed E-state index contributed by atoms with van der Waals surface area (Å²) < 4.78 is 2.88. The highest BCUT2D eigenvalue weighted by molar-refractivity contribution is 9.10. The summed E-state index contributed by atoms with van der Waals surface area (Å²) in [7, 11) is 0. The number of halogens is 1. The summed E-state index contributed by atoms with van der Waals surface area (Å²) in [6, 6.07) is 18.6. The number of amides is 1. The van der Waals surface area contributed by atoms with Gasteiger partial charge in [-0.1, -0.05) is 34.1 Å². The first-order chi connectivity index (χ1) is 12.0. The van der Waals surface area contributed by atoms with E-state index in [2.05, 4.69) is 21.2 Å². The largest absolute Gasteiger partial charge is 0.319 e. The fourth-order valence-corrected chi connectivity index (χ4v) is 3.07.